The second-order valence-corrected chi connectivity index (χ2v) is 8.84. The predicted octanol–water partition coefficient (Wildman–Crippen LogP) is 4.88. The molecule has 0 radical (unpaired) electrons. The lowest BCUT2D eigenvalue weighted by molar-refractivity contribution is -0.122. The van der Waals surface area contributed by atoms with Crippen LogP contribution in [0.1, 0.15) is 33.5 Å². The summed E-state index contributed by atoms with van der Waals surface area (Å²) in [6, 6.07) is 20.1. The van der Waals surface area contributed by atoms with Crippen LogP contribution < -0.4 is 15.5 Å². The van der Waals surface area contributed by atoms with Crippen molar-refractivity contribution in [1.29, 1.82) is 0 Å². The maximum absolute atomic E-state index is 13.0. The highest BCUT2D eigenvalue weighted by atomic mass is 35.5. The van der Waals surface area contributed by atoms with E-state index in [1.165, 1.54) is 0 Å². The fourth-order valence-corrected chi connectivity index (χ4v) is 4.28. The quantitative estimate of drug-likeness (QED) is 0.533. The Morgan fingerprint density at radius 1 is 1.00 bits per heavy atom. The number of para-hydroxylation sites is 1. The third-order valence-corrected chi connectivity index (χ3v) is 6.57. The van der Waals surface area contributed by atoms with Gasteiger partial charge in [0.15, 0.2) is 0 Å². The number of halogens is 1. The molecule has 2 N–H and O–H groups in total. The molecule has 3 aromatic rings. The lowest BCUT2D eigenvalue weighted by atomic mass is 10.1. The lowest BCUT2D eigenvalue weighted by Crippen LogP contribution is -2.30. The van der Waals surface area contributed by atoms with Crippen molar-refractivity contribution in [2.75, 3.05) is 16.8 Å². The van der Waals surface area contributed by atoms with Gasteiger partial charge in [-0.2, -0.15) is 0 Å². The van der Waals surface area contributed by atoms with Crippen LogP contribution in [0.15, 0.2) is 66.7 Å². The first kappa shape index (κ1) is 23.5. The van der Waals surface area contributed by atoms with Crippen LogP contribution in [0.25, 0.3) is 0 Å². The zero-order valence-electron chi connectivity index (χ0n) is 19.1. The van der Waals surface area contributed by atoms with Crippen LogP contribution in [0.3, 0.4) is 0 Å². The molecule has 1 fully saturated rings. The fraction of sp³-hybridized carbons (Fsp3) is 0.222. The molecule has 1 atom stereocenters. The summed E-state index contributed by atoms with van der Waals surface area (Å²) in [5, 5.41) is 6.35. The Kier molecular flexibility index (Phi) is 6.98. The van der Waals surface area contributed by atoms with Crippen LogP contribution in [-0.2, 0) is 16.1 Å². The number of carbonyl (C=O) groups is 3. The van der Waals surface area contributed by atoms with E-state index in [1.54, 1.807) is 41.3 Å². The fourth-order valence-electron chi connectivity index (χ4n) is 4.11. The molecular formula is C27H26ClN3O3. The molecule has 3 amide bonds. The van der Waals surface area contributed by atoms with Gasteiger partial charge < -0.3 is 15.5 Å². The Hall–Kier alpha value is -3.64. The summed E-state index contributed by atoms with van der Waals surface area (Å²) < 4.78 is 0. The number of nitrogens with one attached hydrogen (secondary N) is 2. The van der Waals surface area contributed by atoms with E-state index in [1.807, 2.05) is 44.2 Å². The van der Waals surface area contributed by atoms with Crippen molar-refractivity contribution in [3.8, 4) is 0 Å². The van der Waals surface area contributed by atoms with Crippen LogP contribution in [0.2, 0.25) is 5.02 Å². The molecule has 1 heterocycles. The van der Waals surface area contributed by atoms with Gasteiger partial charge in [-0.3, -0.25) is 14.4 Å². The van der Waals surface area contributed by atoms with E-state index in [0.29, 0.717) is 28.5 Å². The highest BCUT2D eigenvalue weighted by molar-refractivity contribution is 6.31. The van der Waals surface area contributed by atoms with Gasteiger partial charge in [-0.1, -0.05) is 54.1 Å². The highest BCUT2D eigenvalue weighted by Crippen LogP contribution is 2.32. The van der Waals surface area contributed by atoms with Crippen molar-refractivity contribution in [2.24, 2.45) is 5.92 Å². The molecule has 7 heteroatoms. The van der Waals surface area contributed by atoms with Crippen LogP contribution in [0.4, 0.5) is 11.4 Å². The van der Waals surface area contributed by atoms with Crippen LogP contribution in [0.5, 0.6) is 0 Å². The smallest absolute Gasteiger partial charge is 0.253 e. The van der Waals surface area contributed by atoms with E-state index in [9.17, 15) is 14.4 Å². The number of aryl methyl sites for hydroxylation is 1. The largest absolute Gasteiger partial charge is 0.348 e. The minimum Gasteiger partial charge on any atom is -0.348 e. The number of rotatable bonds is 6. The van der Waals surface area contributed by atoms with Crippen molar-refractivity contribution < 1.29 is 14.4 Å². The van der Waals surface area contributed by atoms with Gasteiger partial charge in [-0.25, -0.2) is 0 Å². The molecule has 0 aliphatic carbocycles. The van der Waals surface area contributed by atoms with E-state index in [0.717, 1.165) is 16.7 Å². The molecule has 1 saturated heterocycles. The number of benzene rings is 3. The normalized spacial score (nSPS) is 15.3. The molecule has 4 rings (SSSR count). The van der Waals surface area contributed by atoms with E-state index >= 15 is 0 Å². The average molecular weight is 476 g/mol. The standard InChI is InChI=1S/C27H26ClN3O3/c1-17-8-3-4-9-19(17)15-29-27(34)21-10-5-6-12-23(21)30-26(33)20-14-25(32)31(16-20)24-13-7-11-22(28)18(24)2/h3-13,20H,14-16H2,1-2H3,(H,29,34)(H,30,33)/t20-/m0/s1. The molecule has 0 aromatic heterocycles. The summed E-state index contributed by atoms with van der Waals surface area (Å²) >= 11 is 6.21. The molecular weight excluding hydrogens is 450 g/mol. The van der Waals surface area contributed by atoms with E-state index in [-0.39, 0.29) is 30.7 Å². The summed E-state index contributed by atoms with van der Waals surface area (Å²) in [4.78, 5) is 40.2. The predicted molar refractivity (Wildman–Crippen MR) is 134 cm³/mol. The Morgan fingerprint density at radius 2 is 1.74 bits per heavy atom. The molecule has 0 spiro atoms. The van der Waals surface area contributed by atoms with Crippen LogP contribution >= 0.6 is 11.6 Å². The first-order chi connectivity index (χ1) is 16.3. The second-order valence-electron chi connectivity index (χ2n) is 8.43. The van der Waals surface area contributed by atoms with Gasteiger partial charge in [0, 0.05) is 30.2 Å². The average Bonchev–Trinajstić information content (AvgIpc) is 3.22. The monoisotopic (exact) mass is 475 g/mol. The van der Waals surface area contributed by atoms with Gasteiger partial charge >= 0.3 is 0 Å². The molecule has 174 valence electrons. The number of hydrogen-bond donors (Lipinski definition) is 2. The topological polar surface area (TPSA) is 78.5 Å². The van der Waals surface area contributed by atoms with Gasteiger partial charge in [0.25, 0.3) is 5.91 Å². The number of hydrogen-bond acceptors (Lipinski definition) is 3. The summed E-state index contributed by atoms with van der Waals surface area (Å²) in [7, 11) is 0. The maximum Gasteiger partial charge on any atom is 0.253 e. The summed E-state index contributed by atoms with van der Waals surface area (Å²) in [5.41, 5.74) is 4.42. The molecule has 0 saturated carbocycles. The van der Waals surface area contributed by atoms with Crippen LogP contribution in [-0.4, -0.2) is 24.3 Å². The van der Waals surface area contributed by atoms with Crippen molar-refractivity contribution in [1.82, 2.24) is 5.32 Å². The SMILES string of the molecule is Cc1ccccc1CNC(=O)c1ccccc1NC(=O)[C@H]1CC(=O)N(c2cccc(Cl)c2C)C1. The highest BCUT2D eigenvalue weighted by Gasteiger charge is 2.36. The molecule has 34 heavy (non-hydrogen) atoms. The summed E-state index contributed by atoms with van der Waals surface area (Å²) in [5.74, 6) is -1.24. The van der Waals surface area contributed by atoms with Gasteiger partial charge in [-0.15, -0.1) is 0 Å². The number of carbonyl (C=O) groups excluding carboxylic acids is 3. The van der Waals surface area contributed by atoms with Gasteiger partial charge in [0.2, 0.25) is 11.8 Å². The molecule has 6 nitrogen and oxygen atoms in total. The van der Waals surface area contributed by atoms with E-state index in [4.69, 9.17) is 11.6 Å². The van der Waals surface area contributed by atoms with Gasteiger partial charge in [0.05, 0.1) is 17.2 Å². The van der Waals surface area contributed by atoms with E-state index in [2.05, 4.69) is 10.6 Å². The van der Waals surface area contributed by atoms with E-state index < -0.39 is 5.92 Å². The Labute approximate surface area is 203 Å². The molecule has 0 bridgehead atoms. The number of anilines is 2. The molecule has 3 aromatic carbocycles. The van der Waals surface area contributed by atoms with Gasteiger partial charge in [0.1, 0.15) is 0 Å². The van der Waals surface area contributed by atoms with Crippen molar-refractivity contribution in [3.05, 3.63) is 94.0 Å². The van der Waals surface area contributed by atoms with Crippen molar-refractivity contribution in [3.63, 3.8) is 0 Å². The third-order valence-electron chi connectivity index (χ3n) is 6.16. The van der Waals surface area contributed by atoms with Crippen LogP contribution in [0, 0.1) is 19.8 Å². The molecule has 1 aliphatic heterocycles. The lowest BCUT2D eigenvalue weighted by Gasteiger charge is -2.20. The Morgan fingerprint density at radius 3 is 2.53 bits per heavy atom. The molecule has 1 aliphatic rings. The first-order valence-electron chi connectivity index (χ1n) is 11.1. The van der Waals surface area contributed by atoms with Crippen molar-refractivity contribution in [2.45, 2.75) is 26.8 Å². The third kappa shape index (κ3) is 4.97. The summed E-state index contributed by atoms with van der Waals surface area (Å²) in [6.07, 6.45) is 0.0967. The first-order valence-corrected chi connectivity index (χ1v) is 11.5. The zero-order valence-corrected chi connectivity index (χ0v) is 19.9. The number of amides is 3. The van der Waals surface area contributed by atoms with Gasteiger partial charge in [-0.05, 0) is 54.8 Å². The minimum atomic E-state index is -0.533. The maximum atomic E-state index is 13.0. The van der Waals surface area contributed by atoms with Crippen molar-refractivity contribution >= 4 is 40.7 Å². The summed E-state index contributed by atoms with van der Waals surface area (Å²) in [6.45, 7) is 4.49. The zero-order chi connectivity index (χ0) is 24.2. The molecule has 0 unspecified atom stereocenters. The Bertz CT molecular complexity index is 1260. The second kappa shape index (κ2) is 10.1. The number of nitrogens with zero attached hydrogens (tertiary/aromatic N) is 1. The minimum absolute atomic E-state index is 0.0967. The Balaban J connectivity index is 1.45.